The van der Waals surface area contributed by atoms with Crippen LogP contribution >= 0.6 is 12.2 Å². The van der Waals surface area contributed by atoms with Gasteiger partial charge in [-0.3, -0.25) is 10.4 Å². The molecule has 3 N–H and O–H groups in total. The zero-order valence-electron chi connectivity index (χ0n) is 15.0. The predicted octanol–water partition coefficient (Wildman–Crippen LogP) is 2.64. The summed E-state index contributed by atoms with van der Waals surface area (Å²) in [6.07, 6.45) is 7.22. The molecule has 6 heteroatoms. The van der Waals surface area contributed by atoms with Crippen LogP contribution in [0.2, 0.25) is 0 Å². The monoisotopic (exact) mass is 387 g/mol. The van der Waals surface area contributed by atoms with Gasteiger partial charge in [-0.05, 0) is 23.6 Å². The summed E-state index contributed by atoms with van der Waals surface area (Å²) >= 11 is 5.54. The largest absolute Gasteiger partial charge is 0.362 e. The van der Waals surface area contributed by atoms with Crippen molar-refractivity contribution in [3.05, 3.63) is 102 Å². The standard InChI is InChI=1S/C22H18N4OS/c23-15-18-19(16-9-11-24-12-10-16)20(26-13-5-2-6-14-26)22(27,25-21(18)28)17-7-3-1-4-8-17/h1-14,19-20,23,27H/p+1. The topological polar surface area (TPSA) is 72.9 Å². The Bertz CT molecular complexity index is 1040. The fraction of sp³-hybridized carbons (Fsp3) is 0.136. The van der Waals surface area contributed by atoms with Gasteiger partial charge in [-0.25, -0.2) is 0 Å². The number of piperidine rings is 1. The fourth-order valence-electron chi connectivity index (χ4n) is 3.83. The molecule has 5 nitrogen and oxygen atoms in total. The van der Waals surface area contributed by atoms with Crippen molar-refractivity contribution in [3.8, 4) is 0 Å². The van der Waals surface area contributed by atoms with Crippen LogP contribution in [0, 0.1) is 5.41 Å². The normalized spacial score (nSPS) is 24.3. The van der Waals surface area contributed by atoms with Crippen molar-refractivity contribution in [1.82, 2.24) is 10.3 Å². The minimum Gasteiger partial charge on any atom is -0.362 e. The van der Waals surface area contributed by atoms with Crippen LogP contribution in [0.25, 0.3) is 0 Å². The van der Waals surface area contributed by atoms with Gasteiger partial charge in [0.1, 0.15) is 4.99 Å². The van der Waals surface area contributed by atoms with Gasteiger partial charge in [0, 0.05) is 30.1 Å². The van der Waals surface area contributed by atoms with E-state index in [1.54, 1.807) is 12.4 Å². The zero-order valence-corrected chi connectivity index (χ0v) is 15.8. The summed E-state index contributed by atoms with van der Waals surface area (Å²) in [6.45, 7) is 0. The molecule has 1 fully saturated rings. The number of benzene rings is 1. The van der Waals surface area contributed by atoms with E-state index in [1.165, 1.54) is 0 Å². The highest BCUT2D eigenvalue weighted by Gasteiger charge is 2.56. The Labute approximate surface area is 168 Å². The van der Waals surface area contributed by atoms with Crippen LogP contribution in [0.1, 0.15) is 23.1 Å². The molecule has 0 bridgehead atoms. The summed E-state index contributed by atoms with van der Waals surface area (Å²) in [7, 11) is 0. The van der Waals surface area contributed by atoms with E-state index < -0.39 is 11.8 Å². The number of pyridine rings is 2. The molecule has 2 aromatic heterocycles. The van der Waals surface area contributed by atoms with Crippen molar-refractivity contribution in [3.63, 3.8) is 0 Å². The van der Waals surface area contributed by atoms with Crippen molar-refractivity contribution in [1.29, 1.82) is 5.41 Å². The van der Waals surface area contributed by atoms with Gasteiger partial charge in [-0.2, -0.15) is 4.57 Å². The van der Waals surface area contributed by atoms with Crippen LogP contribution in [0.3, 0.4) is 0 Å². The molecule has 4 rings (SSSR count). The van der Waals surface area contributed by atoms with E-state index in [0.717, 1.165) is 5.56 Å². The highest BCUT2D eigenvalue weighted by Crippen LogP contribution is 2.45. The average Bonchev–Trinajstić information content (AvgIpc) is 2.75. The first-order chi connectivity index (χ1) is 13.6. The van der Waals surface area contributed by atoms with Gasteiger partial charge < -0.3 is 10.4 Å². The van der Waals surface area contributed by atoms with Gasteiger partial charge in [-0.15, -0.1) is 0 Å². The highest BCUT2D eigenvalue weighted by molar-refractivity contribution is 7.80. The Morgan fingerprint density at radius 2 is 1.68 bits per heavy atom. The molecule has 3 heterocycles. The van der Waals surface area contributed by atoms with Crippen molar-refractivity contribution in [2.24, 2.45) is 0 Å². The molecule has 3 atom stereocenters. The van der Waals surface area contributed by atoms with E-state index >= 15 is 0 Å². The van der Waals surface area contributed by atoms with Crippen molar-refractivity contribution in [2.45, 2.75) is 17.7 Å². The molecule has 138 valence electrons. The molecule has 3 unspecified atom stereocenters. The first-order valence-corrected chi connectivity index (χ1v) is 9.31. The van der Waals surface area contributed by atoms with Crippen molar-refractivity contribution in [2.75, 3.05) is 0 Å². The molecule has 1 aromatic carbocycles. The minimum atomic E-state index is -1.47. The molecule has 0 saturated carbocycles. The number of hydrogen-bond acceptors (Lipinski definition) is 4. The maximum atomic E-state index is 11.9. The van der Waals surface area contributed by atoms with Crippen molar-refractivity contribution < 1.29 is 9.67 Å². The third-order valence-electron chi connectivity index (χ3n) is 5.08. The smallest absolute Gasteiger partial charge is 0.227 e. The molecular weight excluding hydrogens is 368 g/mol. The number of nitrogens with one attached hydrogen (secondary N) is 2. The summed E-state index contributed by atoms with van der Waals surface area (Å²) in [4.78, 5) is 4.42. The molecule has 0 aliphatic carbocycles. The Morgan fingerprint density at radius 1 is 1.04 bits per heavy atom. The molecule has 0 spiro atoms. The molecule has 0 radical (unpaired) electrons. The lowest BCUT2D eigenvalue weighted by Gasteiger charge is -2.43. The Morgan fingerprint density at radius 3 is 2.32 bits per heavy atom. The first kappa shape index (κ1) is 18.2. The summed E-state index contributed by atoms with van der Waals surface area (Å²) in [5.74, 6) is 2.13. The zero-order chi connectivity index (χ0) is 19.6. The van der Waals surface area contributed by atoms with Gasteiger partial charge in [0.05, 0.1) is 11.5 Å². The Kier molecular flexibility index (Phi) is 4.84. The van der Waals surface area contributed by atoms with E-state index in [-0.39, 0.29) is 5.92 Å². The second-order valence-electron chi connectivity index (χ2n) is 6.65. The molecule has 28 heavy (non-hydrogen) atoms. The summed E-state index contributed by atoms with van der Waals surface area (Å²) < 4.78 is 1.95. The molecule has 1 saturated heterocycles. The van der Waals surface area contributed by atoms with Crippen LogP contribution in [-0.4, -0.2) is 20.9 Å². The van der Waals surface area contributed by atoms with Gasteiger partial charge >= 0.3 is 0 Å². The van der Waals surface area contributed by atoms with E-state index in [4.69, 9.17) is 17.6 Å². The minimum absolute atomic E-state index is 0.316. The predicted molar refractivity (Wildman–Crippen MR) is 110 cm³/mol. The van der Waals surface area contributed by atoms with Gasteiger partial charge in [0.25, 0.3) is 0 Å². The highest BCUT2D eigenvalue weighted by atomic mass is 32.1. The van der Waals surface area contributed by atoms with Gasteiger partial charge in [-0.1, -0.05) is 48.6 Å². The number of thiocarbonyl (C=S) groups is 1. The fourth-order valence-corrected chi connectivity index (χ4v) is 4.16. The maximum absolute atomic E-state index is 11.9. The van der Waals surface area contributed by atoms with Crippen LogP contribution in [0.5, 0.6) is 0 Å². The number of hydrogen-bond donors (Lipinski definition) is 3. The van der Waals surface area contributed by atoms with Crippen LogP contribution in [0.15, 0.2) is 91.0 Å². The van der Waals surface area contributed by atoms with Crippen LogP contribution < -0.4 is 9.88 Å². The van der Waals surface area contributed by atoms with Gasteiger partial charge in [0.15, 0.2) is 12.4 Å². The summed E-state index contributed by atoms with van der Waals surface area (Å²) in [5.41, 5.74) is 0.660. The Balaban J connectivity index is 2.00. The second kappa shape index (κ2) is 7.44. The molecule has 1 aliphatic heterocycles. The van der Waals surface area contributed by atoms with E-state index in [2.05, 4.69) is 16.2 Å². The lowest BCUT2D eigenvalue weighted by Crippen LogP contribution is -2.65. The third kappa shape index (κ3) is 3.04. The lowest BCUT2D eigenvalue weighted by molar-refractivity contribution is -0.743. The van der Waals surface area contributed by atoms with Crippen molar-refractivity contribution >= 4 is 23.1 Å². The molecule has 3 aromatic rings. The number of rotatable bonds is 3. The number of aliphatic hydroxyl groups is 1. The maximum Gasteiger partial charge on any atom is 0.227 e. The van der Waals surface area contributed by atoms with E-state index in [0.29, 0.717) is 16.1 Å². The third-order valence-corrected chi connectivity index (χ3v) is 5.40. The van der Waals surface area contributed by atoms with E-state index in [1.807, 2.05) is 77.6 Å². The average molecular weight is 387 g/mol. The number of nitrogens with zero attached hydrogens (tertiary/aromatic N) is 2. The molecular formula is C22H19N4OS+. The summed E-state index contributed by atoms with van der Waals surface area (Å²) in [6, 6.07) is 18.4. The van der Waals surface area contributed by atoms with E-state index in [9.17, 15) is 5.11 Å². The molecule has 1 aliphatic rings. The van der Waals surface area contributed by atoms with Crippen LogP contribution in [-0.2, 0) is 5.72 Å². The number of aromatic nitrogens is 2. The van der Waals surface area contributed by atoms with Crippen LogP contribution in [0.4, 0.5) is 0 Å². The summed E-state index contributed by atoms with van der Waals surface area (Å²) in [5, 5.41) is 22.9. The SMILES string of the molecule is N=C=C1C(=S)NC(O)(c2ccccc2)C([n+]2ccccc2)C1c1ccncc1. The first-order valence-electron chi connectivity index (χ1n) is 8.91. The Hall–Kier alpha value is -3.18. The van der Waals surface area contributed by atoms with Gasteiger partial charge in [0.2, 0.25) is 11.8 Å². The molecule has 0 amide bonds. The quantitative estimate of drug-likeness (QED) is 0.280. The lowest BCUT2D eigenvalue weighted by atomic mass is 9.74. The second-order valence-corrected chi connectivity index (χ2v) is 7.06.